The Kier molecular flexibility index (Phi) is 8.87. The van der Waals surface area contributed by atoms with Gasteiger partial charge >= 0.3 is 0 Å². The van der Waals surface area contributed by atoms with E-state index in [4.69, 9.17) is 0 Å². The first-order valence-corrected chi connectivity index (χ1v) is 11.2. The van der Waals surface area contributed by atoms with Gasteiger partial charge in [0, 0.05) is 0 Å². The van der Waals surface area contributed by atoms with Gasteiger partial charge in [0.1, 0.15) is 0 Å². The largest absolute Gasteiger partial charge is 0.263 e. The first kappa shape index (κ1) is 15.1. The monoisotopic (exact) mass is 226 g/mol. The fraction of sp³-hybridized carbons (Fsp3) is 1.00. The van der Waals surface area contributed by atoms with Crippen LogP contribution >= 0.6 is 0 Å². The first-order chi connectivity index (χ1) is 6.62. The SMILES string of the molecule is C[CH2][Al]([CH2]C)[CH](C)[CH](C)[Al]([CH2]C)[CH2]C. The maximum Gasteiger partial charge on any atom is 0.263 e. The Morgan fingerprint density at radius 3 is 1.00 bits per heavy atom. The smallest absolute Gasteiger partial charge is 0.0966 e. The molecule has 0 aromatic rings. The van der Waals surface area contributed by atoms with E-state index < -0.39 is 28.3 Å². The van der Waals surface area contributed by atoms with Crippen molar-refractivity contribution in [2.24, 2.45) is 0 Å². The van der Waals surface area contributed by atoms with Crippen LogP contribution < -0.4 is 0 Å². The van der Waals surface area contributed by atoms with E-state index in [0.717, 1.165) is 9.56 Å². The number of rotatable bonds is 7. The second-order valence-corrected chi connectivity index (χ2v) is 13.3. The highest BCUT2D eigenvalue weighted by Crippen LogP contribution is 2.34. The molecule has 0 saturated carbocycles. The molecule has 0 bridgehead atoms. The number of hydrogen-bond donors (Lipinski definition) is 0. The molecular weight excluding hydrogens is 198 g/mol. The molecule has 2 heteroatoms. The van der Waals surface area contributed by atoms with Crippen LogP contribution in [0.3, 0.4) is 0 Å². The Bertz CT molecular complexity index is 112. The molecule has 0 radical (unpaired) electrons. The normalized spacial score (nSPS) is 15.0. The van der Waals surface area contributed by atoms with Gasteiger partial charge in [0.2, 0.25) is 0 Å². The molecule has 0 aromatic carbocycles. The van der Waals surface area contributed by atoms with E-state index in [2.05, 4.69) is 41.5 Å². The maximum atomic E-state index is 2.56. The van der Waals surface area contributed by atoms with Crippen LogP contribution in [0, 0.1) is 0 Å². The van der Waals surface area contributed by atoms with Gasteiger partial charge in [0.25, 0.3) is 28.3 Å². The Morgan fingerprint density at radius 2 is 0.857 bits per heavy atom. The Labute approximate surface area is 100 Å². The minimum atomic E-state index is -0.393. The van der Waals surface area contributed by atoms with Gasteiger partial charge < -0.3 is 0 Å². The van der Waals surface area contributed by atoms with Crippen LogP contribution in [0.1, 0.15) is 41.5 Å². The van der Waals surface area contributed by atoms with E-state index in [9.17, 15) is 0 Å². The van der Waals surface area contributed by atoms with Crippen LogP contribution in [0.25, 0.3) is 0 Å². The Balaban J connectivity index is 4.26. The van der Waals surface area contributed by atoms with Gasteiger partial charge in [0.15, 0.2) is 0 Å². The van der Waals surface area contributed by atoms with E-state index in [1.807, 2.05) is 0 Å². The highest BCUT2D eigenvalue weighted by atomic mass is 27.2. The molecule has 0 amide bonds. The molecule has 2 atom stereocenters. The van der Waals surface area contributed by atoms with Gasteiger partial charge in [-0.15, -0.1) is 0 Å². The minimum absolute atomic E-state index is 0.393. The van der Waals surface area contributed by atoms with E-state index >= 15 is 0 Å². The minimum Gasteiger partial charge on any atom is -0.0966 e. The van der Waals surface area contributed by atoms with Crippen LogP contribution in [-0.4, -0.2) is 28.3 Å². The van der Waals surface area contributed by atoms with Gasteiger partial charge in [-0.25, -0.2) is 0 Å². The summed E-state index contributed by atoms with van der Waals surface area (Å²) in [5.41, 5.74) is 0. The van der Waals surface area contributed by atoms with Gasteiger partial charge in [-0.2, -0.15) is 0 Å². The quantitative estimate of drug-likeness (QED) is 0.545. The lowest BCUT2D eigenvalue weighted by Gasteiger charge is -2.27. The third-order valence-corrected chi connectivity index (χ3v) is 13.2. The predicted molar refractivity (Wildman–Crippen MR) is 72.3 cm³/mol. The van der Waals surface area contributed by atoms with Gasteiger partial charge in [0.05, 0.1) is 0 Å². The first-order valence-electron chi connectivity index (χ1n) is 6.62. The zero-order valence-electron chi connectivity index (χ0n) is 11.1. The molecule has 0 spiro atoms. The van der Waals surface area contributed by atoms with Crippen LogP contribution in [0.2, 0.25) is 30.7 Å². The van der Waals surface area contributed by atoms with Gasteiger partial charge in [-0.05, 0) is 0 Å². The molecule has 0 aliphatic heterocycles. The van der Waals surface area contributed by atoms with E-state index in [0.29, 0.717) is 0 Å². The highest BCUT2D eigenvalue weighted by molar-refractivity contribution is 6.66. The lowest BCUT2D eigenvalue weighted by Crippen LogP contribution is -2.27. The fourth-order valence-corrected chi connectivity index (χ4v) is 10.7. The van der Waals surface area contributed by atoms with Crippen molar-refractivity contribution in [3.63, 3.8) is 0 Å². The molecule has 0 nitrogen and oxygen atoms in total. The standard InChI is InChI=1S/C4H8.4C2H5.2Al/c1-3-4-2;4*1-2;;/h3-4H,1-2H3;4*1H2,2H3;;. The van der Waals surface area contributed by atoms with Crippen molar-refractivity contribution in [3.05, 3.63) is 0 Å². The van der Waals surface area contributed by atoms with Crippen molar-refractivity contribution < 1.29 is 0 Å². The van der Waals surface area contributed by atoms with Crippen LogP contribution in [0.5, 0.6) is 0 Å². The Morgan fingerprint density at radius 1 is 0.643 bits per heavy atom. The molecule has 2 unspecified atom stereocenters. The summed E-state index contributed by atoms with van der Waals surface area (Å²) in [5.74, 6) is 0. The molecule has 0 saturated heterocycles. The summed E-state index contributed by atoms with van der Waals surface area (Å²) < 4.78 is 2.20. The van der Waals surface area contributed by atoms with Crippen molar-refractivity contribution in [3.8, 4) is 0 Å². The zero-order valence-corrected chi connectivity index (χ0v) is 13.4. The second kappa shape index (κ2) is 8.24. The van der Waals surface area contributed by atoms with Crippen LogP contribution in [0.15, 0.2) is 0 Å². The number of hydrogen-bond acceptors (Lipinski definition) is 0. The van der Waals surface area contributed by atoms with E-state index in [1.165, 1.54) is 21.1 Å². The summed E-state index contributed by atoms with van der Waals surface area (Å²) in [4.78, 5) is 0. The van der Waals surface area contributed by atoms with E-state index in [1.54, 1.807) is 0 Å². The third kappa shape index (κ3) is 4.29. The summed E-state index contributed by atoms with van der Waals surface area (Å²) in [5, 5.41) is 6.04. The molecule has 0 aliphatic rings. The average Bonchev–Trinajstić information content (AvgIpc) is 2.21. The lowest BCUT2D eigenvalue weighted by molar-refractivity contribution is 0.810. The Hall–Kier alpha value is 1.06. The lowest BCUT2D eigenvalue weighted by atomic mass is 10.3. The zero-order chi connectivity index (χ0) is 11.1. The molecule has 14 heavy (non-hydrogen) atoms. The van der Waals surface area contributed by atoms with Crippen molar-refractivity contribution in [2.75, 3.05) is 0 Å². The maximum absolute atomic E-state index is 2.56. The van der Waals surface area contributed by atoms with Gasteiger partial charge in [-0.3, -0.25) is 0 Å². The predicted octanol–water partition coefficient (Wildman–Crippen LogP) is 4.84. The molecule has 0 rings (SSSR count). The van der Waals surface area contributed by atoms with Crippen molar-refractivity contribution in [2.45, 2.75) is 72.2 Å². The summed E-state index contributed by atoms with van der Waals surface area (Å²) in [7, 11) is 0. The fourth-order valence-electron chi connectivity index (χ4n) is 2.92. The average molecular weight is 226 g/mol. The van der Waals surface area contributed by atoms with Crippen molar-refractivity contribution >= 4 is 28.3 Å². The third-order valence-electron chi connectivity index (χ3n) is 4.41. The summed E-state index contributed by atoms with van der Waals surface area (Å²) in [6.07, 6.45) is 0. The van der Waals surface area contributed by atoms with Crippen molar-refractivity contribution in [1.82, 2.24) is 0 Å². The molecule has 0 aromatic heterocycles. The van der Waals surface area contributed by atoms with Gasteiger partial charge in [-0.1, -0.05) is 72.2 Å². The summed E-state index contributed by atoms with van der Waals surface area (Å²) in [6, 6.07) is 0. The molecule has 0 heterocycles. The molecule has 0 N–H and O–H groups in total. The van der Waals surface area contributed by atoms with E-state index in [-0.39, 0.29) is 0 Å². The molecule has 0 fully saturated rings. The molecule has 0 aliphatic carbocycles. The topological polar surface area (TPSA) is 0 Å². The van der Waals surface area contributed by atoms with Crippen molar-refractivity contribution in [1.29, 1.82) is 0 Å². The molecule has 82 valence electrons. The summed E-state index contributed by atoms with van der Waals surface area (Å²) >= 11 is -0.787. The second-order valence-electron chi connectivity index (χ2n) is 4.87. The summed E-state index contributed by atoms with van der Waals surface area (Å²) in [6.45, 7) is 14.8. The molecular formula is C12H28Al2. The van der Waals surface area contributed by atoms with Crippen LogP contribution in [0.4, 0.5) is 0 Å². The highest BCUT2D eigenvalue weighted by Gasteiger charge is 2.31. The van der Waals surface area contributed by atoms with Crippen LogP contribution in [-0.2, 0) is 0 Å².